The van der Waals surface area contributed by atoms with Crippen LogP contribution in [0.15, 0.2) is 18.2 Å². The molecule has 1 aromatic rings. The average molecular weight is 314 g/mol. The Morgan fingerprint density at radius 3 is 2.50 bits per heavy atom. The summed E-state index contributed by atoms with van der Waals surface area (Å²) in [4.78, 5) is 23.4. The maximum Gasteiger partial charge on any atom is 0.335 e. The number of hydrogen-bond acceptors (Lipinski definition) is 4. The van der Waals surface area contributed by atoms with Crippen LogP contribution in [0.1, 0.15) is 37.6 Å². The topological polar surface area (TPSA) is 52.6 Å². The van der Waals surface area contributed by atoms with Crippen molar-refractivity contribution in [3.8, 4) is 0 Å². The Hall–Kier alpha value is -1.82. The van der Waals surface area contributed by atoms with Crippen molar-refractivity contribution in [3.05, 3.63) is 35.4 Å². The van der Waals surface area contributed by atoms with Gasteiger partial charge in [0.15, 0.2) is 12.7 Å². The third kappa shape index (κ3) is 5.89. The van der Waals surface area contributed by atoms with Gasteiger partial charge in [-0.25, -0.2) is 13.6 Å². The first-order chi connectivity index (χ1) is 10.3. The summed E-state index contributed by atoms with van der Waals surface area (Å²) in [5.74, 6) is -2.67. The van der Waals surface area contributed by atoms with Crippen LogP contribution in [0.5, 0.6) is 0 Å². The molecule has 1 atom stereocenters. The maximum atomic E-state index is 13.4. The van der Waals surface area contributed by atoms with Gasteiger partial charge in [0, 0.05) is 6.61 Å². The number of carbonyl (C=O) groups excluding carboxylic acids is 2. The van der Waals surface area contributed by atoms with E-state index in [9.17, 15) is 18.4 Å². The number of Topliss-reactive ketones (excluding diaryl/α,β-unsaturated/α-hetero) is 1. The quantitative estimate of drug-likeness (QED) is 0.546. The van der Waals surface area contributed by atoms with Gasteiger partial charge in [-0.1, -0.05) is 13.8 Å². The van der Waals surface area contributed by atoms with E-state index in [4.69, 9.17) is 9.47 Å². The average Bonchev–Trinajstić information content (AvgIpc) is 2.46. The SMILES string of the molecule is CC(C)CCOC(C)C(=O)OCC(=O)c1cc(F)ccc1F. The van der Waals surface area contributed by atoms with E-state index in [0.717, 1.165) is 24.6 Å². The highest BCUT2D eigenvalue weighted by molar-refractivity contribution is 5.98. The van der Waals surface area contributed by atoms with Crippen molar-refractivity contribution in [1.29, 1.82) is 0 Å². The van der Waals surface area contributed by atoms with Gasteiger partial charge in [0.05, 0.1) is 5.56 Å². The lowest BCUT2D eigenvalue weighted by Crippen LogP contribution is -2.26. The smallest absolute Gasteiger partial charge is 0.335 e. The molecular formula is C16H20F2O4. The highest BCUT2D eigenvalue weighted by Crippen LogP contribution is 2.11. The first-order valence-electron chi connectivity index (χ1n) is 7.07. The molecule has 1 rings (SSSR count). The lowest BCUT2D eigenvalue weighted by molar-refractivity contribution is -0.155. The fourth-order valence-electron chi connectivity index (χ4n) is 1.59. The summed E-state index contributed by atoms with van der Waals surface area (Å²) in [6, 6.07) is 2.53. The van der Waals surface area contributed by atoms with Crippen LogP contribution in [0.2, 0.25) is 0 Å². The number of rotatable bonds is 8. The summed E-state index contributed by atoms with van der Waals surface area (Å²) in [6.07, 6.45) is -0.0191. The monoisotopic (exact) mass is 314 g/mol. The molecule has 0 amide bonds. The summed E-state index contributed by atoms with van der Waals surface area (Å²) in [5.41, 5.74) is -0.443. The fraction of sp³-hybridized carbons (Fsp3) is 0.500. The largest absolute Gasteiger partial charge is 0.455 e. The number of benzene rings is 1. The van der Waals surface area contributed by atoms with Gasteiger partial charge < -0.3 is 9.47 Å². The molecule has 0 heterocycles. The predicted molar refractivity (Wildman–Crippen MR) is 76.5 cm³/mol. The van der Waals surface area contributed by atoms with E-state index in [-0.39, 0.29) is 0 Å². The molecule has 0 aliphatic carbocycles. The molecule has 6 heteroatoms. The van der Waals surface area contributed by atoms with Crippen LogP contribution in [0.4, 0.5) is 8.78 Å². The molecule has 0 radical (unpaired) electrons. The molecule has 0 aliphatic rings. The van der Waals surface area contributed by atoms with Gasteiger partial charge >= 0.3 is 5.97 Å². The number of ether oxygens (including phenoxy) is 2. The number of halogens is 2. The Morgan fingerprint density at radius 1 is 1.18 bits per heavy atom. The summed E-state index contributed by atoms with van der Waals surface area (Å²) in [5, 5.41) is 0. The Labute approximate surface area is 128 Å². The summed E-state index contributed by atoms with van der Waals surface area (Å²) >= 11 is 0. The van der Waals surface area contributed by atoms with E-state index in [0.29, 0.717) is 12.5 Å². The maximum absolute atomic E-state index is 13.4. The molecule has 0 aromatic heterocycles. The van der Waals surface area contributed by atoms with Gasteiger partial charge in [0.1, 0.15) is 11.6 Å². The van der Waals surface area contributed by atoms with Gasteiger partial charge in [0.25, 0.3) is 0 Å². The number of esters is 1. The molecule has 1 unspecified atom stereocenters. The molecular weight excluding hydrogens is 294 g/mol. The summed E-state index contributed by atoms with van der Waals surface area (Å²) < 4.78 is 36.4. The van der Waals surface area contributed by atoms with E-state index in [1.165, 1.54) is 6.92 Å². The van der Waals surface area contributed by atoms with Crippen LogP contribution >= 0.6 is 0 Å². The van der Waals surface area contributed by atoms with E-state index in [1.807, 2.05) is 13.8 Å². The van der Waals surface area contributed by atoms with Crippen molar-refractivity contribution in [2.75, 3.05) is 13.2 Å². The van der Waals surface area contributed by atoms with Crippen LogP contribution < -0.4 is 0 Å². The highest BCUT2D eigenvalue weighted by Gasteiger charge is 2.19. The lowest BCUT2D eigenvalue weighted by atomic mass is 10.1. The number of carbonyl (C=O) groups is 2. The Kier molecular flexibility index (Phi) is 7.11. The van der Waals surface area contributed by atoms with Crippen molar-refractivity contribution in [2.45, 2.75) is 33.3 Å². The predicted octanol–water partition coefficient (Wildman–Crippen LogP) is 3.14. The minimum absolute atomic E-state index is 0.403. The highest BCUT2D eigenvalue weighted by atomic mass is 19.1. The minimum atomic E-state index is -0.858. The third-order valence-electron chi connectivity index (χ3n) is 2.97. The van der Waals surface area contributed by atoms with Crippen molar-refractivity contribution >= 4 is 11.8 Å². The molecule has 1 aromatic carbocycles. The van der Waals surface area contributed by atoms with Gasteiger partial charge in [0.2, 0.25) is 5.78 Å². The normalized spacial score (nSPS) is 12.3. The van der Waals surface area contributed by atoms with Crippen LogP contribution in [-0.2, 0) is 14.3 Å². The van der Waals surface area contributed by atoms with E-state index in [1.54, 1.807) is 0 Å². The third-order valence-corrected chi connectivity index (χ3v) is 2.97. The summed E-state index contributed by atoms with van der Waals surface area (Å²) in [7, 11) is 0. The van der Waals surface area contributed by atoms with E-state index >= 15 is 0 Å². The molecule has 0 saturated carbocycles. The van der Waals surface area contributed by atoms with Crippen LogP contribution in [0, 0.1) is 17.6 Å². The molecule has 0 aliphatic heterocycles. The second-order valence-electron chi connectivity index (χ2n) is 5.35. The molecule has 4 nitrogen and oxygen atoms in total. The zero-order valence-electron chi connectivity index (χ0n) is 12.9. The number of ketones is 1. The van der Waals surface area contributed by atoms with Crippen molar-refractivity contribution < 1.29 is 27.8 Å². The summed E-state index contributed by atoms with van der Waals surface area (Å²) in [6.45, 7) is 5.31. The van der Waals surface area contributed by atoms with Gasteiger partial charge in [-0.2, -0.15) is 0 Å². The lowest BCUT2D eigenvalue weighted by Gasteiger charge is -2.13. The Bertz CT molecular complexity index is 529. The fourth-order valence-corrected chi connectivity index (χ4v) is 1.59. The molecule has 0 spiro atoms. The van der Waals surface area contributed by atoms with Gasteiger partial charge in [-0.3, -0.25) is 4.79 Å². The standard InChI is InChI=1S/C16H20F2O4/c1-10(2)6-7-21-11(3)16(20)22-9-15(19)13-8-12(17)4-5-14(13)18/h4-5,8,10-11H,6-7,9H2,1-3H3. The molecule has 122 valence electrons. The Balaban J connectivity index is 2.46. The number of hydrogen-bond donors (Lipinski definition) is 0. The van der Waals surface area contributed by atoms with Gasteiger partial charge in [-0.05, 0) is 37.5 Å². The van der Waals surface area contributed by atoms with Crippen LogP contribution in [-0.4, -0.2) is 31.1 Å². The van der Waals surface area contributed by atoms with Crippen molar-refractivity contribution in [2.24, 2.45) is 5.92 Å². The zero-order chi connectivity index (χ0) is 16.7. The first-order valence-corrected chi connectivity index (χ1v) is 7.07. The second-order valence-corrected chi connectivity index (χ2v) is 5.35. The van der Waals surface area contributed by atoms with Crippen LogP contribution in [0.25, 0.3) is 0 Å². The molecule has 0 fully saturated rings. The molecule has 0 bridgehead atoms. The minimum Gasteiger partial charge on any atom is -0.455 e. The molecule has 0 N–H and O–H groups in total. The molecule has 22 heavy (non-hydrogen) atoms. The Morgan fingerprint density at radius 2 is 1.86 bits per heavy atom. The van der Waals surface area contributed by atoms with E-state index < -0.39 is 41.7 Å². The second kappa shape index (κ2) is 8.58. The van der Waals surface area contributed by atoms with Crippen LogP contribution in [0.3, 0.4) is 0 Å². The molecule has 0 saturated heterocycles. The van der Waals surface area contributed by atoms with Crippen molar-refractivity contribution in [3.63, 3.8) is 0 Å². The zero-order valence-corrected chi connectivity index (χ0v) is 12.9. The van der Waals surface area contributed by atoms with Crippen molar-refractivity contribution in [1.82, 2.24) is 0 Å². The van der Waals surface area contributed by atoms with E-state index in [2.05, 4.69) is 0 Å². The van der Waals surface area contributed by atoms with Gasteiger partial charge in [-0.15, -0.1) is 0 Å². The first kappa shape index (κ1) is 18.2.